The molecule has 2 aromatic carbocycles. The fraction of sp³-hybridized carbons (Fsp3) is 0.414. The van der Waals surface area contributed by atoms with Crippen LogP contribution >= 0.6 is 0 Å². The molecule has 3 heterocycles. The molecule has 4 aliphatic rings. The van der Waals surface area contributed by atoms with Crippen molar-refractivity contribution in [3.8, 4) is 11.5 Å². The fourth-order valence-corrected chi connectivity index (χ4v) is 6.05. The van der Waals surface area contributed by atoms with E-state index in [9.17, 15) is 29.7 Å². The SMILES string of the molecule is CCC[C@H]1C(=O)OC2c3cc(C)cc(O)c3C3=C(C(=O)c4c(OC5CC(O)C(O)C(C)O5)cccc4C3=O)N21. The van der Waals surface area contributed by atoms with Crippen LogP contribution in [0.1, 0.15) is 76.7 Å². The third-order valence-electron chi connectivity index (χ3n) is 7.83. The van der Waals surface area contributed by atoms with Crippen molar-refractivity contribution in [2.75, 3.05) is 0 Å². The van der Waals surface area contributed by atoms with Gasteiger partial charge in [-0.25, -0.2) is 4.79 Å². The monoisotopic (exact) mass is 535 g/mol. The number of esters is 1. The quantitative estimate of drug-likeness (QED) is 0.500. The van der Waals surface area contributed by atoms with E-state index in [0.717, 1.165) is 0 Å². The number of ether oxygens (including phenoxy) is 3. The Morgan fingerprint density at radius 1 is 1.10 bits per heavy atom. The van der Waals surface area contributed by atoms with Crippen LogP contribution in [0.5, 0.6) is 11.5 Å². The molecule has 0 spiro atoms. The first-order valence-electron chi connectivity index (χ1n) is 13.1. The molecule has 0 amide bonds. The third kappa shape index (κ3) is 3.77. The number of rotatable bonds is 4. The van der Waals surface area contributed by atoms with Crippen molar-refractivity contribution in [2.24, 2.45) is 0 Å². The standard InChI is InChI=1S/C29H29NO9/c1-4-6-16-29(36)39-28-15-9-12(2)10-17(31)21(15)23-24(30(16)28)27(35)22-14(26(23)34)7-5-8-19(22)38-20-11-18(32)25(33)13(3)37-20/h5,7-10,13,16,18,20,25,28,31-33H,4,6,11H2,1-3H3/t13?,16-,18?,20?,25?,28?/m0/s1. The molecule has 204 valence electrons. The lowest BCUT2D eigenvalue weighted by atomic mass is 9.78. The van der Waals surface area contributed by atoms with Crippen LogP contribution < -0.4 is 4.74 Å². The molecule has 1 aliphatic carbocycles. The number of nitrogens with zero attached hydrogens (tertiary/aromatic N) is 1. The molecular formula is C29H29NO9. The fourth-order valence-electron chi connectivity index (χ4n) is 6.05. The summed E-state index contributed by atoms with van der Waals surface area (Å²) in [6, 6.07) is 7.10. The van der Waals surface area contributed by atoms with E-state index in [0.29, 0.717) is 24.0 Å². The van der Waals surface area contributed by atoms with Crippen molar-refractivity contribution < 1.29 is 43.9 Å². The van der Waals surface area contributed by atoms with Crippen molar-refractivity contribution in [3.05, 3.63) is 63.8 Å². The summed E-state index contributed by atoms with van der Waals surface area (Å²) >= 11 is 0. The number of hydrogen-bond acceptors (Lipinski definition) is 10. The Kier molecular flexibility index (Phi) is 6.01. The van der Waals surface area contributed by atoms with Gasteiger partial charge in [0.15, 0.2) is 5.78 Å². The van der Waals surface area contributed by atoms with Gasteiger partial charge in [0, 0.05) is 23.1 Å². The van der Waals surface area contributed by atoms with Gasteiger partial charge < -0.3 is 34.4 Å². The van der Waals surface area contributed by atoms with Gasteiger partial charge in [-0.3, -0.25) is 9.59 Å². The largest absolute Gasteiger partial charge is 0.507 e. The number of allylic oxidation sites excluding steroid dienone is 2. The Hall–Kier alpha value is -3.73. The number of carbonyl (C=O) groups excluding carboxylic acids is 3. The number of aliphatic hydroxyl groups is 2. The highest BCUT2D eigenvalue weighted by Crippen LogP contribution is 2.52. The van der Waals surface area contributed by atoms with Crippen molar-refractivity contribution in [1.29, 1.82) is 0 Å². The Labute approximate surface area is 224 Å². The zero-order valence-electron chi connectivity index (χ0n) is 21.7. The number of hydrogen-bond donors (Lipinski definition) is 3. The van der Waals surface area contributed by atoms with Crippen LogP contribution in [0.25, 0.3) is 5.57 Å². The minimum Gasteiger partial charge on any atom is -0.507 e. The predicted octanol–water partition coefficient (Wildman–Crippen LogP) is 2.77. The molecule has 6 rings (SSSR count). The number of ketones is 2. The maximum Gasteiger partial charge on any atom is 0.331 e. The normalized spacial score (nSPS) is 29.5. The molecule has 2 saturated heterocycles. The van der Waals surface area contributed by atoms with Gasteiger partial charge in [0.1, 0.15) is 29.3 Å². The number of carbonyl (C=O) groups is 3. The Bertz CT molecular complexity index is 1430. The number of aromatic hydroxyl groups is 1. The lowest BCUT2D eigenvalue weighted by molar-refractivity contribution is -0.216. The van der Waals surface area contributed by atoms with Crippen LogP contribution in [-0.2, 0) is 14.3 Å². The van der Waals surface area contributed by atoms with Gasteiger partial charge >= 0.3 is 5.97 Å². The molecule has 2 aromatic rings. The molecule has 0 radical (unpaired) electrons. The second-order valence-corrected chi connectivity index (χ2v) is 10.5. The number of phenolic OH excluding ortho intramolecular Hbond substituents is 1. The Balaban J connectivity index is 1.51. The molecule has 5 unspecified atom stereocenters. The summed E-state index contributed by atoms with van der Waals surface area (Å²) in [5.74, 6) is -1.65. The van der Waals surface area contributed by atoms with Crippen LogP contribution in [0.4, 0.5) is 0 Å². The number of aryl methyl sites for hydroxylation is 1. The smallest absolute Gasteiger partial charge is 0.331 e. The van der Waals surface area contributed by atoms with Gasteiger partial charge in [0.2, 0.25) is 18.3 Å². The topological polar surface area (TPSA) is 143 Å². The number of benzene rings is 2. The molecule has 0 saturated carbocycles. The summed E-state index contributed by atoms with van der Waals surface area (Å²) in [4.78, 5) is 43.0. The lowest BCUT2D eigenvalue weighted by Crippen LogP contribution is -2.48. The maximum atomic E-state index is 14.3. The molecular weight excluding hydrogens is 506 g/mol. The highest BCUT2D eigenvalue weighted by Gasteiger charge is 2.53. The number of aliphatic hydroxyl groups excluding tert-OH is 2. The summed E-state index contributed by atoms with van der Waals surface area (Å²) in [7, 11) is 0. The molecule has 0 bridgehead atoms. The molecule has 10 nitrogen and oxygen atoms in total. The maximum absolute atomic E-state index is 14.3. The first kappa shape index (κ1) is 25.5. The van der Waals surface area contributed by atoms with E-state index in [1.165, 1.54) is 18.2 Å². The van der Waals surface area contributed by atoms with Crippen LogP contribution in [0.3, 0.4) is 0 Å². The second kappa shape index (κ2) is 9.18. The average molecular weight is 536 g/mol. The number of fused-ring (bicyclic) bond motifs is 6. The van der Waals surface area contributed by atoms with E-state index in [2.05, 4.69) is 0 Å². The molecule has 39 heavy (non-hydrogen) atoms. The van der Waals surface area contributed by atoms with Crippen molar-refractivity contribution >= 4 is 23.1 Å². The van der Waals surface area contributed by atoms with E-state index in [-0.39, 0.29) is 45.9 Å². The van der Waals surface area contributed by atoms with Crippen molar-refractivity contribution in [2.45, 2.75) is 76.9 Å². The van der Waals surface area contributed by atoms with Crippen LogP contribution in [0, 0.1) is 6.92 Å². The summed E-state index contributed by atoms with van der Waals surface area (Å²) in [6.07, 6.45) is -3.83. The van der Waals surface area contributed by atoms with Crippen LogP contribution in [0.15, 0.2) is 36.0 Å². The second-order valence-electron chi connectivity index (χ2n) is 10.5. The molecule has 6 atom stereocenters. The zero-order chi connectivity index (χ0) is 27.7. The first-order valence-corrected chi connectivity index (χ1v) is 13.1. The predicted molar refractivity (Wildman–Crippen MR) is 136 cm³/mol. The van der Waals surface area contributed by atoms with Crippen LogP contribution in [0.2, 0.25) is 0 Å². The minimum atomic E-state index is -1.09. The Morgan fingerprint density at radius 3 is 2.59 bits per heavy atom. The van der Waals surface area contributed by atoms with Gasteiger partial charge in [-0.1, -0.05) is 25.5 Å². The van der Waals surface area contributed by atoms with E-state index >= 15 is 0 Å². The molecule has 3 N–H and O–H groups in total. The number of phenols is 1. The summed E-state index contributed by atoms with van der Waals surface area (Å²) in [5, 5.41) is 31.2. The van der Waals surface area contributed by atoms with Crippen molar-refractivity contribution in [3.63, 3.8) is 0 Å². The van der Waals surface area contributed by atoms with E-state index in [1.54, 1.807) is 30.9 Å². The highest BCUT2D eigenvalue weighted by atomic mass is 16.7. The third-order valence-corrected chi connectivity index (χ3v) is 7.83. The van der Waals surface area contributed by atoms with Gasteiger partial charge in [-0.15, -0.1) is 0 Å². The molecule has 10 heteroatoms. The highest BCUT2D eigenvalue weighted by molar-refractivity contribution is 6.41. The van der Waals surface area contributed by atoms with Gasteiger partial charge in [-0.05, 0) is 44.0 Å². The van der Waals surface area contributed by atoms with E-state index < -0.39 is 54.4 Å². The van der Waals surface area contributed by atoms with Gasteiger partial charge in [-0.2, -0.15) is 0 Å². The Morgan fingerprint density at radius 2 is 1.87 bits per heavy atom. The van der Waals surface area contributed by atoms with E-state index in [1.807, 2.05) is 6.92 Å². The number of Topliss-reactive ketones (excluding diaryl/α,β-unsaturated/α-hetero) is 2. The van der Waals surface area contributed by atoms with Gasteiger partial charge in [0.05, 0.1) is 23.3 Å². The molecule has 2 fully saturated rings. The summed E-state index contributed by atoms with van der Waals surface area (Å²) in [6.45, 7) is 5.29. The first-order chi connectivity index (χ1) is 18.6. The van der Waals surface area contributed by atoms with Crippen LogP contribution in [-0.4, -0.2) is 68.4 Å². The lowest BCUT2D eigenvalue weighted by Gasteiger charge is -2.39. The minimum absolute atomic E-state index is 0.00140. The summed E-state index contributed by atoms with van der Waals surface area (Å²) < 4.78 is 17.4. The average Bonchev–Trinajstić information content (AvgIpc) is 3.21. The molecule has 0 aromatic heterocycles. The van der Waals surface area contributed by atoms with Gasteiger partial charge in [0.25, 0.3) is 0 Å². The molecule has 3 aliphatic heterocycles. The van der Waals surface area contributed by atoms with E-state index in [4.69, 9.17) is 14.2 Å². The summed E-state index contributed by atoms with van der Waals surface area (Å²) in [5.41, 5.74) is 1.44. The zero-order valence-corrected chi connectivity index (χ0v) is 21.7. The van der Waals surface area contributed by atoms with Crippen molar-refractivity contribution in [1.82, 2.24) is 4.90 Å².